The first-order valence-corrected chi connectivity index (χ1v) is 11.4. The topological polar surface area (TPSA) is 52.2 Å². The van der Waals surface area contributed by atoms with Gasteiger partial charge in [0.1, 0.15) is 5.69 Å². The van der Waals surface area contributed by atoms with Crippen LogP contribution in [0.5, 0.6) is 0 Å². The highest BCUT2D eigenvalue weighted by Crippen LogP contribution is 2.23. The summed E-state index contributed by atoms with van der Waals surface area (Å²) >= 11 is 1.69. The maximum Gasteiger partial charge on any atom is 0.295 e. The van der Waals surface area contributed by atoms with Crippen LogP contribution < -0.4 is 5.56 Å². The molecule has 0 aliphatic carbocycles. The molecule has 0 radical (unpaired) electrons. The van der Waals surface area contributed by atoms with Gasteiger partial charge in [0.05, 0.1) is 17.9 Å². The lowest BCUT2D eigenvalue weighted by Gasteiger charge is -2.14. The third kappa shape index (κ3) is 3.89. The highest BCUT2D eigenvalue weighted by molar-refractivity contribution is 7.09. The SMILES string of the molecule is Cc1cc(C(=O)CN(C)Cc2cccs2)c(C)n1-c1c(C)n(C)n(-c2ccccc2)c1=O. The second kappa shape index (κ2) is 8.76. The molecule has 0 aliphatic rings. The van der Waals surface area contributed by atoms with Gasteiger partial charge in [-0.25, -0.2) is 4.68 Å². The summed E-state index contributed by atoms with van der Waals surface area (Å²) in [6.45, 7) is 6.85. The summed E-state index contributed by atoms with van der Waals surface area (Å²) in [5.41, 5.74) is 4.46. The van der Waals surface area contributed by atoms with Gasteiger partial charge in [-0.3, -0.25) is 19.2 Å². The van der Waals surface area contributed by atoms with E-state index in [0.717, 1.165) is 29.3 Å². The number of aromatic nitrogens is 3. The van der Waals surface area contributed by atoms with Crippen LogP contribution in [0, 0.1) is 20.8 Å². The van der Waals surface area contributed by atoms with Crippen molar-refractivity contribution in [2.75, 3.05) is 13.6 Å². The molecule has 3 heterocycles. The van der Waals surface area contributed by atoms with Crippen LogP contribution in [0.3, 0.4) is 0 Å². The molecule has 0 atom stereocenters. The van der Waals surface area contributed by atoms with E-state index >= 15 is 0 Å². The molecule has 0 N–H and O–H groups in total. The van der Waals surface area contributed by atoms with Crippen molar-refractivity contribution in [2.45, 2.75) is 27.3 Å². The van der Waals surface area contributed by atoms with Crippen molar-refractivity contribution in [1.29, 1.82) is 0 Å². The van der Waals surface area contributed by atoms with Gasteiger partial charge in [-0.1, -0.05) is 24.3 Å². The summed E-state index contributed by atoms with van der Waals surface area (Å²) in [6, 6.07) is 15.6. The summed E-state index contributed by atoms with van der Waals surface area (Å²) in [6.07, 6.45) is 0. The zero-order valence-electron chi connectivity index (χ0n) is 19.1. The number of hydrogen-bond donors (Lipinski definition) is 0. The molecule has 0 aliphatic heterocycles. The molecule has 0 unspecified atom stereocenters. The molecule has 6 nitrogen and oxygen atoms in total. The largest absolute Gasteiger partial charge is 0.311 e. The van der Waals surface area contributed by atoms with Gasteiger partial charge in [0, 0.05) is 35.4 Å². The standard InChI is InChI=1S/C25H28N4O2S/c1-17-14-22(23(30)16-26(4)15-21-12-9-13-32-21)18(2)28(17)24-19(3)27(5)29(25(24)31)20-10-7-6-8-11-20/h6-14H,15-16H2,1-5H3. The zero-order valence-corrected chi connectivity index (χ0v) is 19.9. The lowest BCUT2D eigenvalue weighted by Crippen LogP contribution is -2.25. The van der Waals surface area contributed by atoms with E-state index in [-0.39, 0.29) is 11.3 Å². The Labute approximate surface area is 191 Å². The Balaban J connectivity index is 1.70. The average molecular weight is 449 g/mol. The maximum atomic E-state index is 13.5. The first-order valence-electron chi connectivity index (χ1n) is 10.6. The van der Waals surface area contributed by atoms with E-state index in [9.17, 15) is 9.59 Å². The molecule has 0 amide bonds. The highest BCUT2D eigenvalue weighted by atomic mass is 32.1. The van der Waals surface area contributed by atoms with E-state index in [4.69, 9.17) is 0 Å². The Morgan fingerprint density at radius 3 is 2.41 bits per heavy atom. The van der Waals surface area contributed by atoms with Gasteiger partial charge in [-0.2, -0.15) is 0 Å². The number of hydrogen-bond acceptors (Lipinski definition) is 4. The summed E-state index contributed by atoms with van der Waals surface area (Å²) < 4.78 is 5.45. The molecular weight excluding hydrogens is 420 g/mol. The predicted octanol–water partition coefficient (Wildman–Crippen LogP) is 4.27. The number of carbonyl (C=O) groups is 1. The Morgan fingerprint density at radius 2 is 1.75 bits per heavy atom. The molecule has 1 aromatic carbocycles. The van der Waals surface area contributed by atoms with Crippen molar-refractivity contribution in [2.24, 2.45) is 7.05 Å². The molecule has 0 bridgehead atoms. The van der Waals surface area contributed by atoms with E-state index < -0.39 is 0 Å². The number of Topliss-reactive ketones (excluding diaryl/α,β-unsaturated/α-hetero) is 1. The van der Waals surface area contributed by atoms with Crippen LogP contribution in [-0.4, -0.2) is 38.2 Å². The van der Waals surface area contributed by atoms with Crippen LogP contribution in [0.2, 0.25) is 0 Å². The smallest absolute Gasteiger partial charge is 0.295 e. The van der Waals surface area contributed by atoms with E-state index in [2.05, 4.69) is 6.07 Å². The fraction of sp³-hybridized carbons (Fsp3) is 0.280. The number of likely N-dealkylation sites (N-methyl/N-ethyl adjacent to an activating group) is 1. The molecule has 32 heavy (non-hydrogen) atoms. The maximum absolute atomic E-state index is 13.5. The molecule has 4 aromatic rings. The second-order valence-corrected chi connectivity index (χ2v) is 9.24. The van der Waals surface area contributed by atoms with Gasteiger partial charge in [-0.15, -0.1) is 11.3 Å². The number of rotatable bonds is 7. The van der Waals surface area contributed by atoms with Crippen LogP contribution in [-0.2, 0) is 13.6 Å². The lowest BCUT2D eigenvalue weighted by atomic mass is 10.1. The number of aryl methyl sites for hydroxylation is 1. The summed E-state index contributed by atoms with van der Waals surface area (Å²) in [5, 5.41) is 2.04. The van der Waals surface area contributed by atoms with Gasteiger partial charge < -0.3 is 4.57 Å². The van der Waals surface area contributed by atoms with Gasteiger partial charge in [0.25, 0.3) is 5.56 Å². The number of carbonyl (C=O) groups excluding carboxylic acids is 1. The fourth-order valence-electron chi connectivity index (χ4n) is 4.26. The predicted molar refractivity (Wildman–Crippen MR) is 130 cm³/mol. The van der Waals surface area contributed by atoms with Gasteiger partial charge >= 0.3 is 0 Å². The Hall–Kier alpha value is -3.16. The quantitative estimate of drug-likeness (QED) is 0.397. The summed E-state index contributed by atoms with van der Waals surface area (Å²) in [7, 11) is 3.84. The first-order chi connectivity index (χ1) is 15.3. The second-order valence-electron chi connectivity index (χ2n) is 8.21. The van der Waals surface area contributed by atoms with Crippen molar-refractivity contribution >= 4 is 17.1 Å². The molecule has 0 saturated heterocycles. The van der Waals surface area contributed by atoms with E-state index in [1.807, 2.05) is 96.9 Å². The number of para-hydroxylation sites is 1. The number of ketones is 1. The van der Waals surface area contributed by atoms with Gasteiger partial charge in [0.15, 0.2) is 5.78 Å². The normalized spacial score (nSPS) is 11.4. The minimum atomic E-state index is -0.105. The summed E-state index contributed by atoms with van der Waals surface area (Å²) in [4.78, 5) is 29.9. The van der Waals surface area contributed by atoms with Crippen LogP contribution in [0.4, 0.5) is 0 Å². The van der Waals surface area contributed by atoms with Gasteiger partial charge in [0.2, 0.25) is 0 Å². The molecule has 0 spiro atoms. The van der Waals surface area contributed by atoms with Gasteiger partial charge in [-0.05, 0) is 57.5 Å². The number of benzene rings is 1. The third-order valence-electron chi connectivity index (χ3n) is 5.90. The van der Waals surface area contributed by atoms with E-state index in [1.54, 1.807) is 16.0 Å². The van der Waals surface area contributed by atoms with Crippen molar-refractivity contribution in [3.63, 3.8) is 0 Å². The minimum Gasteiger partial charge on any atom is -0.311 e. The molecule has 7 heteroatoms. The average Bonchev–Trinajstić information content (AvgIpc) is 3.42. The number of thiophene rings is 1. The third-order valence-corrected chi connectivity index (χ3v) is 6.76. The van der Waals surface area contributed by atoms with Crippen LogP contribution >= 0.6 is 11.3 Å². The molecule has 3 aromatic heterocycles. The van der Waals surface area contributed by atoms with Crippen LogP contribution in [0.25, 0.3) is 11.4 Å². The Kier molecular flexibility index (Phi) is 6.04. The Bertz CT molecular complexity index is 1310. The van der Waals surface area contributed by atoms with Crippen LogP contribution in [0.15, 0.2) is 58.7 Å². The van der Waals surface area contributed by atoms with Crippen molar-refractivity contribution in [3.05, 3.63) is 91.8 Å². The highest BCUT2D eigenvalue weighted by Gasteiger charge is 2.24. The minimum absolute atomic E-state index is 0.0559. The number of nitrogens with zero attached hydrogens (tertiary/aromatic N) is 4. The van der Waals surface area contributed by atoms with Crippen LogP contribution in [0.1, 0.15) is 32.3 Å². The molecule has 166 valence electrons. The Morgan fingerprint density at radius 1 is 1.03 bits per heavy atom. The van der Waals surface area contributed by atoms with Crippen molar-refractivity contribution in [1.82, 2.24) is 18.8 Å². The van der Waals surface area contributed by atoms with E-state index in [0.29, 0.717) is 17.8 Å². The molecule has 4 rings (SSSR count). The lowest BCUT2D eigenvalue weighted by molar-refractivity contribution is 0.0943. The fourth-order valence-corrected chi connectivity index (χ4v) is 5.04. The monoisotopic (exact) mass is 448 g/mol. The summed E-state index contributed by atoms with van der Waals surface area (Å²) in [5.74, 6) is 0.0559. The zero-order chi connectivity index (χ0) is 23.0. The van der Waals surface area contributed by atoms with E-state index in [1.165, 1.54) is 4.88 Å². The van der Waals surface area contributed by atoms with Crippen molar-refractivity contribution < 1.29 is 4.79 Å². The molecular formula is C25H28N4O2S. The first kappa shape index (κ1) is 22.0. The molecule has 0 saturated carbocycles. The van der Waals surface area contributed by atoms with Crippen molar-refractivity contribution in [3.8, 4) is 11.4 Å². The molecule has 0 fully saturated rings.